The largest absolute Gasteiger partial charge is 0.490 e. The zero-order valence-corrected chi connectivity index (χ0v) is 23.0. The predicted molar refractivity (Wildman–Crippen MR) is 141 cm³/mol. The Morgan fingerprint density at radius 1 is 1.18 bits per heavy atom. The van der Waals surface area contributed by atoms with Gasteiger partial charge in [0.2, 0.25) is 5.95 Å². The van der Waals surface area contributed by atoms with E-state index in [-0.39, 0.29) is 18.6 Å². The third-order valence-corrected chi connectivity index (χ3v) is 7.71. The first-order chi connectivity index (χ1) is 18.3. The topological polar surface area (TPSA) is 148 Å². The van der Waals surface area contributed by atoms with Gasteiger partial charge < -0.3 is 30.2 Å². The van der Waals surface area contributed by atoms with Crippen LogP contribution in [0.4, 0.5) is 36.4 Å². The van der Waals surface area contributed by atoms with Crippen LogP contribution in [-0.4, -0.2) is 105 Å². The Morgan fingerprint density at radius 3 is 2.33 bits per heavy atom. The van der Waals surface area contributed by atoms with Crippen LogP contribution in [0.2, 0.25) is 0 Å². The fourth-order valence-corrected chi connectivity index (χ4v) is 5.37. The molecule has 216 valence electrons. The van der Waals surface area contributed by atoms with Crippen LogP contribution in [-0.2, 0) is 22.0 Å². The fourth-order valence-electron chi connectivity index (χ4n) is 4.05. The van der Waals surface area contributed by atoms with Crippen LogP contribution in [0, 0.1) is 5.92 Å². The summed E-state index contributed by atoms with van der Waals surface area (Å²) in [6.07, 6.45) is -2.67. The van der Waals surface area contributed by atoms with E-state index in [9.17, 15) is 22.5 Å². The number of carboxylic acids is 1. The van der Waals surface area contributed by atoms with Gasteiger partial charge in [0.1, 0.15) is 10.7 Å². The third-order valence-electron chi connectivity index (χ3n) is 6.25. The Balaban J connectivity index is 0.000000532. The second-order valence-electron chi connectivity index (χ2n) is 9.54. The molecule has 1 saturated heterocycles. The molecule has 0 radical (unpaired) electrons. The number of aromatic nitrogens is 4. The summed E-state index contributed by atoms with van der Waals surface area (Å²) in [5.41, 5.74) is 1.92. The Kier molecular flexibility index (Phi) is 9.88. The highest BCUT2D eigenvalue weighted by molar-refractivity contribution is 7.85. The number of anilines is 4. The smallest absolute Gasteiger partial charge is 0.475 e. The summed E-state index contributed by atoms with van der Waals surface area (Å²) in [6, 6.07) is 1.85. The lowest BCUT2D eigenvalue weighted by molar-refractivity contribution is -0.192. The van der Waals surface area contributed by atoms with E-state index in [1.165, 1.54) is 0 Å². The van der Waals surface area contributed by atoms with E-state index in [1.807, 2.05) is 38.9 Å². The van der Waals surface area contributed by atoms with Crippen LogP contribution in [0.15, 0.2) is 17.2 Å². The van der Waals surface area contributed by atoms with Gasteiger partial charge in [-0.25, -0.2) is 9.78 Å². The molecule has 0 spiro atoms. The summed E-state index contributed by atoms with van der Waals surface area (Å²) in [5.74, 6) is 0.145. The second kappa shape index (κ2) is 12.7. The molecule has 2 aliphatic rings. The Morgan fingerprint density at radius 2 is 1.79 bits per heavy atom. The number of alkyl halides is 3. The molecule has 4 rings (SSSR count). The van der Waals surface area contributed by atoms with Crippen LogP contribution in [0.5, 0.6) is 0 Å². The number of aliphatic hydroxyl groups excluding tert-OH is 1. The average Bonchev–Trinajstić information content (AvgIpc) is 3.27. The van der Waals surface area contributed by atoms with Crippen LogP contribution < -0.4 is 20.0 Å². The number of aliphatic hydroxyl groups is 1. The van der Waals surface area contributed by atoms with Gasteiger partial charge in [-0.3, -0.25) is 4.21 Å². The summed E-state index contributed by atoms with van der Waals surface area (Å²) in [6.45, 7) is 7.24. The lowest BCUT2D eigenvalue weighted by Gasteiger charge is -2.37. The SMILES string of the molecule is CC(C)[C@H](CO)Nc1nc(N2CCN(c3ccnnc3N(C)C)CC2)nc2c1S(=O)CC2.O=C(O)C(F)(F)F. The maximum Gasteiger partial charge on any atom is 0.490 e. The van der Waals surface area contributed by atoms with Crippen molar-refractivity contribution in [2.24, 2.45) is 5.92 Å². The quantitative estimate of drug-likeness (QED) is 0.439. The minimum atomic E-state index is -5.08. The summed E-state index contributed by atoms with van der Waals surface area (Å²) in [7, 11) is 2.83. The highest BCUT2D eigenvalue weighted by Crippen LogP contribution is 2.32. The maximum absolute atomic E-state index is 12.6. The number of fused-ring (bicyclic) bond motifs is 1. The molecule has 4 heterocycles. The summed E-state index contributed by atoms with van der Waals surface area (Å²) in [5, 5.41) is 28.5. The molecule has 39 heavy (non-hydrogen) atoms. The van der Waals surface area contributed by atoms with Gasteiger partial charge in [-0.05, 0) is 12.0 Å². The molecule has 1 fully saturated rings. The van der Waals surface area contributed by atoms with Crippen molar-refractivity contribution in [1.29, 1.82) is 0 Å². The zero-order chi connectivity index (χ0) is 28.9. The van der Waals surface area contributed by atoms with E-state index in [0.29, 0.717) is 28.8 Å². The number of hydrogen-bond donors (Lipinski definition) is 3. The predicted octanol–water partition coefficient (Wildman–Crippen LogP) is 1.38. The molecular weight excluding hydrogens is 541 g/mol. The standard InChI is InChI=1S/C21H32N8O2S.C2HF3O2/c1-14(2)16(13-30)23-19-18-15(6-12-32(18)31)24-21(25-19)29-10-8-28(9-11-29)17-5-7-22-26-20(17)27(3)4;3-2(4,5)1(6)7/h5,7,14,16,30H,6,8-13H2,1-4H3,(H,23,24,25);(H,6,7)/t16-,32?;/m0./s1. The van der Waals surface area contributed by atoms with Crippen LogP contribution in [0.25, 0.3) is 0 Å². The van der Waals surface area contributed by atoms with E-state index in [4.69, 9.17) is 19.9 Å². The molecule has 2 aliphatic heterocycles. The first-order valence-corrected chi connectivity index (χ1v) is 13.6. The van der Waals surface area contributed by atoms with Gasteiger partial charge in [-0.2, -0.15) is 23.3 Å². The molecule has 0 aliphatic carbocycles. The van der Waals surface area contributed by atoms with Gasteiger partial charge in [-0.1, -0.05) is 13.8 Å². The van der Waals surface area contributed by atoms with E-state index in [0.717, 1.165) is 43.4 Å². The van der Waals surface area contributed by atoms with Gasteiger partial charge in [0.25, 0.3) is 0 Å². The Hall–Kier alpha value is -3.27. The van der Waals surface area contributed by atoms with Gasteiger partial charge >= 0.3 is 12.1 Å². The minimum Gasteiger partial charge on any atom is -0.475 e. The van der Waals surface area contributed by atoms with Gasteiger partial charge in [0, 0.05) is 52.4 Å². The lowest BCUT2D eigenvalue weighted by Crippen LogP contribution is -2.47. The van der Waals surface area contributed by atoms with E-state index >= 15 is 0 Å². The first-order valence-electron chi connectivity index (χ1n) is 12.3. The highest BCUT2D eigenvalue weighted by Gasteiger charge is 2.38. The van der Waals surface area contributed by atoms with Crippen molar-refractivity contribution in [3.8, 4) is 0 Å². The van der Waals surface area contributed by atoms with Gasteiger partial charge in [-0.15, -0.1) is 5.10 Å². The number of nitrogens with one attached hydrogen (secondary N) is 1. The van der Waals surface area contributed by atoms with Crippen LogP contribution in [0.1, 0.15) is 19.5 Å². The third kappa shape index (κ3) is 7.44. The second-order valence-corrected chi connectivity index (χ2v) is 11.0. The number of aryl methyl sites for hydroxylation is 1. The monoisotopic (exact) mass is 574 g/mol. The number of rotatable bonds is 7. The summed E-state index contributed by atoms with van der Waals surface area (Å²) < 4.78 is 44.3. The minimum absolute atomic E-state index is 0.00867. The molecule has 12 nitrogen and oxygen atoms in total. The highest BCUT2D eigenvalue weighted by atomic mass is 32.2. The van der Waals surface area contributed by atoms with Crippen molar-refractivity contribution in [3.05, 3.63) is 18.0 Å². The van der Waals surface area contributed by atoms with Crippen molar-refractivity contribution in [1.82, 2.24) is 20.2 Å². The molecule has 16 heteroatoms. The van der Waals surface area contributed by atoms with Gasteiger partial charge in [0.05, 0.1) is 41.0 Å². The molecule has 2 aromatic rings. The number of aliphatic carboxylic acids is 1. The van der Waals surface area contributed by atoms with Crippen LogP contribution >= 0.6 is 0 Å². The summed E-state index contributed by atoms with van der Waals surface area (Å²) >= 11 is 0. The van der Waals surface area contributed by atoms with E-state index < -0.39 is 22.9 Å². The van der Waals surface area contributed by atoms with Crippen LogP contribution in [0.3, 0.4) is 0 Å². The molecule has 3 N–H and O–H groups in total. The number of halogens is 3. The number of carboxylic acid groups (broad SMARTS) is 1. The number of piperazine rings is 1. The molecule has 2 aromatic heterocycles. The van der Waals surface area contributed by atoms with E-state index in [1.54, 1.807) is 6.20 Å². The van der Waals surface area contributed by atoms with Crippen molar-refractivity contribution >= 4 is 40.0 Å². The first kappa shape index (κ1) is 30.3. The number of nitrogens with zero attached hydrogens (tertiary/aromatic N) is 7. The van der Waals surface area contributed by atoms with Crippen molar-refractivity contribution in [2.75, 3.05) is 72.7 Å². The van der Waals surface area contributed by atoms with Crippen molar-refractivity contribution in [2.45, 2.75) is 37.4 Å². The molecule has 1 unspecified atom stereocenters. The normalized spacial score (nSPS) is 17.8. The van der Waals surface area contributed by atoms with Crippen molar-refractivity contribution in [3.63, 3.8) is 0 Å². The molecule has 0 amide bonds. The molecule has 0 bridgehead atoms. The molecular formula is C23H33F3N8O4S. The molecule has 0 aromatic carbocycles. The molecule has 2 atom stereocenters. The van der Waals surface area contributed by atoms with Crippen molar-refractivity contribution < 1.29 is 32.4 Å². The average molecular weight is 575 g/mol. The Labute approximate surface area is 226 Å². The van der Waals surface area contributed by atoms with Gasteiger partial charge in [0.15, 0.2) is 5.82 Å². The number of hydrogen-bond acceptors (Lipinski definition) is 11. The Bertz CT molecular complexity index is 1180. The lowest BCUT2D eigenvalue weighted by atomic mass is 10.1. The maximum atomic E-state index is 12.6. The zero-order valence-electron chi connectivity index (χ0n) is 22.1. The van der Waals surface area contributed by atoms with E-state index in [2.05, 4.69) is 25.3 Å². The number of carbonyl (C=O) groups is 1. The summed E-state index contributed by atoms with van der Waals surface area (Å²) in [4.78, 5) is 25.6. The molecule has 0 saturated carbocycles. The fraction of sp³-hybridized carbons (Fsp3) is 0.609.